The van der Waals surface area contributed by atoms with Gasteiger partial charge in [-0.15, -0.1) is 0 Å². The zero-order valence-electron chi connectivity index (χ0n) is 9.82. The molecule has 1 aromatic carbocycles. The number of benzene rings is 1. The van der Waals surface area contributed by atoms with Gasteiger partial charge in [0.05, 0.1) is 12.5 Å². The number of halogens is 1. The van der Waals surface area contributed by atoms with Gasteiger partial charge in [-0.25, -0.2) is 0 Å². The molecule has 0 aliphatic carbocycles. The summed E-state index contributed by atoms with van der Waals surface area (Å²) in [5, 5.41) is 8.67. The summed E-state index contributed by atoms with van der Waals surface area (Å²) >= 11 is 3.37. The molecule has 0 radical (unpaired) electrons. The van der Waals surface area contributed by atoms with Crippen LogP contribution in [0.5, 0.6) is 0 Å². The molecule has 0 aliphatic heterocycles. The minimum absolute atomic E-state index is 0.00602. The molecule has 1 aromatic rings. The summed E-state index contributed by atoms with van der Waals surface area (Å²) in [6, 6.07) is 9.69. The van der Waals surface area contributed by atoms with E-state index in [1.54, 1.807) is 4.90 Å². The van der Waals surface area contributed by atoms with Gasteiger partial charge in [-0.05, 0) is 24.1 Å². The van der Waals surface area contributed by atoms with E-state index in [0.29, 0.717) is 13.0 Å². The molecule has 0 saturated carbocycles. The average Bonchev–Trinajstić information content (AvgIpc) is 2.28. The van der Waals surface area contributed by atoms with Crippen molar-refractivity contribution in [3.05, 3.63) is 34.3 Å². The highest BCUT2D eigenvalue weighted by Gasteiger charge is 2.12. The van der Waals surface area contributed by atoms with Crippen molar-refractivity contribution < 1.29 is 4.79 Å². The molecule has 0 N–H and O–H groups in total. The second-order valence-electron chi connectivity index (χ2n) is 3.78. The smallest absolute Gasteiger partial charge is 0.227 e. The summed E-state index contributed by atoms with van der Waals surface area (Å²) in [5.41, 5.74) is 0.961. The van der Waals surface area contributed by atoms with Gasteiger partial charge in [-0.3, -0.25) is 4.79 Å². The van der Waals surface area contributed by atoms with Crippen LogP contribution in [-0.4, -0.2) is 23.9 Å². The van der Waals surface area contributed by atoms with Crippen molar-refractivity contribution in [2.24, 2.45) is 0 Å². The summed E-state index contributed by atoms with van der Waals surface area (Å²) < 4.78 is 0.963. The Morgan fingerprint density at radius 3 is 2.88 bits per heavy atom. The Hall–Kier alpha value is -1.34. The van der Waals surface area contributed by atoms with Crippen molar-refractivity contribution >= 4 is 21.8 Å². The Bertz CT molecular complexity index is 426. The molecule has 0 bridgehead atoms. The van der Waals surface area contributed by atoms with E-state index in [-0.39, 0.29) is 12.5 Å². The number of hydrogen-bond donors (Lipinski definition) is 0. The quantitative estimate of drug-likeness (QED) is 0.784. The van der Waals surface area contributed by atoms with Crippen LogP contribution in [0.2, 0.25) is 0 Å². The maximum absolute atomic E-state index is 12.0. The number of amides is 1. The Morgan fingerprint density at radius 1 is 1.53 bits per heavy atom. The zero-order chi connectivity index (χ0) is 12.7. The van der Waals surface area contributed by atoms with Gasteiger partial charge in [0, 0.05) is 11.0 Å². The molecule has 17 heavy (non-hydrogen) atoms. The van der Waals surface area contributed by atoms with Gasteiger partial charge in [0.15, 0.2) is 0 Å². The molecular formula is C13H15BrN2O. The predicted molar refractivity (Wildman–Crippen MR) is 70.3 cm³/mol. The molecule has 0 atom stereocenters. The van der Waals surface area contributed by atoms with E-state index < -0.39 is 0 Å². The van der Waals surface area contributed by atoms with Crippen molar-refractivity contribution in [2.75, 3.05) is 13.1 Å². The minimum atomic E-state index is 0.00602. The Labute approximate surface area is 110 Å². The van der Waals surface area contributed by atoms with Crippen LogP contribution in [-0.2, 0) is 11.2 Å². The van der Waals surface area contributed by atoms with Crippen LogP contribution in [0.3, 0.4) is 0 Å². The first-order valence-electron chi connectivity index (χ1n) is 5.56. The summed E-state index contributed by atoms with van der Waals surface area (Å²) in [6.07, 6.45) is 1.22. The highest BCUT2D eigenvalue weighted by molar-refractivity contribution is 9.10. The first kappa shape index (κ1) is 13.7. The Balaban J connectivity index is 2.66. The van der Waals surface area contributed by atoms with Crippen LogP contribution in [0.4, 0.5) is 0 Å². The van der Waals surface area contributed by atoms with Gasteiger partial charge >= 0.3 is 0 Å². The van der Waals surface area contributed by atoms with E-state index in [9.17, 15) is 4.79 Å². The van der Waals surface area contributed by atoms with Crippen LogP contribution in [0, 0.1) is 11.3 Å². The fraction of sp³-hybridized carbons (Fsp3) is 0.385. The third-order valence-electron chi connectivity index (χ3n) is 2.35. The largest absolute Gasteiger partial charge is 0.329 e. The van der Waals surface area contributed by atoms with Crippen molar-refractivity contribution in [3.63, 3.8) is 0 Å². The number of hydrogen-bond acceptors (Lipinski definition) is 2. The predicted octanol–water partition coefficient (Wildman–Crippen LogP) is 2.75. The van der Waals surface area contributed by atoms with E-state index in [1.165, 1.54) is 0 Å². The van der Waals surface area contributed by atoms with E-state index in [2.05, 4.69) is 15.9 Å². The molecule has 0 saturated heterocycles. The lowest BCUT2D eigenvalue weighted by atomic mass is 10.1. The number of rotatable bonds is 5. The lowest BCUT2D eigenvalue weighted by Gasteiger charge is -2.18. The fourth-order valence-electron chi connectivity index (χ4n) is 1.58. The molecule has 0 heterocycles. The van der Waals surface area contributed by atoms with Crippen molar-refractivity contribution in [3.8, 4) is 6.07 Å². The van der Waals surface area contributed by atoms with Crippen LogP contribution in [0.15, 0.2) is 28.7 Å². The van der Waals surface area contributed by atoms with Crippen molar-refractivity contribution in [1.29, 1.82) is 5.26 Å². The molecule has 0 fully saturated rings. The lowest BCUT2D eigenvalue weighted by Crippen LogP contribution is -2.33. The van der Waals surface area contributed by atoms with Crippen LogP contribution < -0.4 is 0 Å². The molecule has 0 aliphatic rings. The molecule has 0 aromatic heterocycles. The second-order valence-corrected chi connectivity index (χ2v) is 4.70. The van der Waals surface area contributed by atoms with Gasteiger partial charge in [0.1, 0.15) is 6.54 Å². The number of carbonyl (C=O) groups is 1. The molecule has 0 spiro atoms. The Kier molecular flexibility index (Phi) is 5.71. The SMILES string of the molecule is CCCN(CC#N)C(=O)Cc1cccc(Br)c1. The van der Waals surface area contributed by atoms with Crippen molar-refractivity contribution in [2.45, 2.75) is 19.8 Å². The highest BCUT2D eigenvalue weighted by Crippen LogP contribution is 2.12. The van der Waals surface area contributed by atoms with Gasteiger partial charge in [0.2, 0.25) is 5.91 Å². The number of nitriles is 1. The second kappa shape index (κ2) is 7.08. The van der Waals surface area contributed by atoms with E-state index in [4.69, 9.17) is 5.26 Å². The van der Waals surface area contributed by atoms with E-state index >= 15 is 0 Å². The topological polar surface area (TPSA) is 44.1 Å². The number of nitrogens with zero attached hydrogens (tertiary/aromatic N) is 2. The minimum Gasteiger partial charge on any atom is -0.329 e. The third-order valence-corrected chi connectivity index (χ3v) is 2.85. The molecule has 4 heteroatoms. The molecule has 3 nitrogen and oxygen atoms in total. The first-order chi connectivity index (χ1) is 8.17. The average molecular weight is 295 g/mol. The molecule has 1 rings (SSSR count). The van der Waals surface area contributed by atoms with Crippen molar-refractivity contribution in [1.82, 2.24) is 4.90 Å². The number of carbonyl (C=O) groups excluding carboxylic acids is 1. The van der Waals surface area contributed by atoms with Gasteiger partial charge in [0.25, 0.3) is 0 Å². The monoisotopic (exact) mass is 294 g/mol. The van der Waals surface area contributed by atoms with Gasteiger partial charge in [-0.1, -0.05) is 35.0 Å². The molecule has 0 unspecified atom stereocenters. The summed E-state index contributed by atoms with van der Waals surface area (Å²) in [6.45, 7) is 2.80. The zero-order valence-corrected chi connectivity index (χ0v) is 11.4. The third kappa shape index (κ3) is 4.58. The molecule has 1 amide bonds. The molecule has 90 valence electrons. The lowest BCUT2D eigenvalue weighted by molar-refractivity contribution is -0.129. The maximum atomic E-state index is 12.0. The standard InChI is InChI=1S/C13H15BrN2O/c1-2-7-16(8-6-15)13(17)10-11-4-3-5-12(14)9-11/h3-5,9H,2,7-8,10H2,1H3. The van der Waals surface area contributed by atoms with Crippen LogP contribution >= 0.6 is 15.9 Å². The van der Waals surface area contributed by atoms with E-state index in [0.717, 1.165) is 16.5 Å². The highest BCUT2D eigenvalue weighted by atomic mass is 79.9. The van der Waals surface area contributed by atoms with Crippen LogP contribution in [0.1, 0.15) is 18.9 Å². The fourth-order valence-corrected chi connectivity index (χ4v) is 2.03. The first-order valence-corrected chi connectivity index (χ1v) is 6.35. The van der Waals surface area contributed by atoms with Gasteiger partial charge < -0.3 is 4.90 Å². The normalized spacial score (nSPS) is 9.71. The summed E-state index contributed by atoms with van der Waals surface area (Å²) in [7, 11) is 0. The van der Waals surface area contributed by atoms with E-state index in [1.807, 2.05) is 37.3 Å². The summed E-state index contributed by atoms with van der Waals surface area (Å²) in [5.74, 6) is 0.00602. The maximum Gasteiger partial charge on any atom is 0.227 e. The molecular weight excluding hydrogens is 280 g/mol. The van der Waals surface area contributed by atoms with Crippen LogP contribution in [0.25, 0.3) is 0 Å². The summed E-state index contributed by atoms with van der Waals surface area (Å²) in [4.78, 5) is 13.6. The van der Waals surface area contributed by atoms with Gasteiger partial charge in [-0.2, -0.15) is 5.26 Å². The Morgan fingerprint density at radius 2 is 2.29 bits per heavy atom.